The molecule has 0 amide bonds. The first kappa shape index (κ1) is 9.51. The molecule has 0 atom stereocenters. The summed E-state index contributed by atoms with van der Waals surface area (Å²) >= 11 is 3.22. The fourth-order valence-corrected chi connectivity index (χ4v) is 1.32. The number of hydroxylamine groups is 2. The van der Waals surface area contributed by atoms with Gasteiger partial charge in [-0.25, -0.2) is 0 Å². The van der Waals surface area contributed by atoms with Gasteiger partial charge in [0, 0.05) is 13.6 Å². The predicted octanol–water partition coefficient (Wildman–Crippen LogP) is 1.98. The van der Waals surface area contributed by atoms with Gasteiger partial charge in [-0.1, -0.05) is 12.1 Å². The molecule has 0 radical (unpaired) electrons. The van der Waals surface area contributed by atoms with Crippen LogP contribution in [-0.2, 0) is 6.54 Å². The highest BCUT2D eigenvalue weighted by Gasteiger charge is 2.04. The molecule has 1 aromatic rings. The van der Waals surface area contributed by atoms with E-state index in [1.165, 1.54) is 0 Å². The fourth-order valence-electron chi connectivity index (χ4n) is 0.935. The van der Waals surface area contributed by atoms with Crippen molar-refractivity contribution in [3.05, 3.63) is 28.2 Å². The van der Waals surface area contributed by atoms with Gasteiger partial charge in [-0.05, 0) is 27.6 Å². The van der Waals surface area contributed by atoms with E-state index >= 15 is 0 Å². The van der Waals surface area contributed by atoms with Crippen LogP contribution in [0.3, 0.4) is 0 Å². The number of phenols is 1. The van der Waals surface area contributed by atoms with Gasteiger partial charge in [0.05, 0.1) is 4.47 Å². The second-order valence-corrected chi connectivity index (χ2v) is 3.36. The van der Waals surface area contributed by atoms with Gasteiger partial charge in [-0.3, -0.25) is 0 Å². The van der Waals surface area contributed by atoms with Gasteiger partial charge in [-0.15, -0.1) is 0 Å². The average molecular weight is 232 g/mol. The van der Waals surface area contributed by atoms with Crippen LogP contribution in [0, 0.1) is 0 Å². The molecule has 2 N–H and O–H groups in total. The topological polar surface area (TPSA) is 43.7 Å². The molecule has 1 rings (SSSR count). The largest absolute Gasteiger partial charge is 0.507 e. The number of hydrogen-bond acceptors (Lipinski definition) is 3. The lowest BCUT2D eigenvalue weighted by atomic mass is 10.2. The van der Waals surface area contributed by atoms with Crippen LogP contribution in [0.15, 0.2) is 22.7 Å². The first-order valence-corrected chi connectivity index (χ1v) is 4.27. The van der Waals surface area contributed by atoms with Crippen molar-refractivity contribution in [1.82, 2.24) is 5.06 Å². The highest BCUT2D eigenvalue weighted by atomic mass is 79.9. The maximum Gasteiger partial charge on any atom is 0.130 e. The summed E-state index contributed by atoms with van der Waals surface area (Å²) < 4.78 is 0.630. The van der Waals surface area contributed by atoms with E-state index in [1.807, 2.05) is 6.07 Å². The Hall–Kier alpha value is -0.580. The third-order valence-electron chi connectivity index (χ3n) is 1.46. The second kappa shape index (κ2) is 3.89. The number of hydrogen-bond donors (Lipinski definition) is 2. The fraction of sp³-hybridized carbons (Fsp3) is 0.250. The summed E-state index contributed by atoms with van der Waals surface area (Å²) in [4.78, 5) is 0. The van der Waals surface area contributed by atoms with E-state index in [0.29, 0.717) is 11.0 Å². The average Bonchev–Trinajstić information content (AvgIpc) is 1.98. The van der Waals surface area contributed by atoms with Gasteiger partial charge in [0.25, 0.3) is 0 Å². The molecular weight excluding hydrogens is 222 g/mol. The van der Waals surface area contributed by atoms with E-state index in [1.54, 1.807) is 19.2 Å². The van der Waals surface area contributed by atoms with Crippen molar-refractivity contribution >= 4 is 15.9 Å². The zero-order valence-corrected chi connectivity index (χ0v) is 8.24. The van der Waals surface area contributed by atoms with Crippen molar-refractivity contribution in [1.29, 1.82) is 0 Å². The van der Waals surface area contributed by atoms with E-state index < -0.39 is 0 Å². The van der Waals surface area contributed by atoms with Gasteiger partial charge >= 0.3 is 0 Å². The number of nitrogens with zero attached hydrogens (tertiary/aromatic N) is 1. The van der Waals surface area contributed by atoms with Crippen LogP contribution in [0.4, 0.5) is 0 Å². The molecule has 0 saturated carbocycles. The lowest BCUT2D eigenvalue weighted by Gasteiger charge is -2.10. The van der Waals surface area contributed by atoms with Crippen molar-refractivity contribution < 1.29 is 10.3 Å². The highest BCUT2D eigenvalue weighted by molar-refractivity contribution is 9.10. The molecule has 0 heterocycles. The number of rotatable bonds is 2. The van der Waals surface area contributed by atoms with E-state index in [9.17, 15) is 5.11 Å². The summed E-state index contributed by atoms with van der Waals surface area (Å²) in [5, 5.41) is 19.3. The Balaban J connectivity index is 2.92. The quantitative estimate of drug-likeness (QED) is 0.766. The Bertz CT molecular complexity index is 276. The van der Waals surface area contributed by atoms with E-state index in [2.05, 4.69) is 15.9 Å². The minimum Gasteiger partial charge on any atom is -0.507 e. The maximum absolute atomic E-state index is 9.27. The van der Waals surface area contributed by atoms with Crippen molar-refractivity contribution in [2.45, 2.75) is 6.54 Å². The summed E-state index contributed by atoms with van der Waals surface area (Å²) in [6, 6.07) is 5.15. The van der Waals surface area contributed by atoms with Crippen molar-refractivity contribution in [2.75, 3.05) is 7.05 Å². The Morgan fingerprint density at radius 3 is 2.75 bits per heavy atom. The smallest absolute Gasteiger partial charge is 0.130 e. The van der Waals surface area contributed by atoms with Crippen LogP contribution in [0.5, 0.6) is 5.75 Å². The van der Waals surface area contributed by atoms with Crippen LogP contribution in [0.1, 0.15) is 5.56 Å². The van der Waals surface area contributed by atoms with E-state index in [0.717, 1.165) is 10.6 Å². The minimum absolute atomic E-state index is 0.189. The molecule has 1 aromatic carbocycles. The van der Waals surface area contributed by atoms with Crippen LogP contribution in [0.2, 0.25) is 0 Å². The first-order chi connectivity index (χ1) is 5.61. The Labute approximate surface area is 79.3 Å². The lowest BCUT2D eigenvalue weighted by molar-refractivity contribution is -0.0733. The molecule has 0 aliphatic heterocycles. The van der Waals surface area contributed by atoms with Crippen LogP contribution in [-0.4, -0.2) is 22.4 Å². The van der Waals surface area contributed by atoms with E-state index in [4.69, 9.17) is 5.21 Å². The van der Waals surface area contributed by atoms with Gasteiger partial charge in [0.2, 0.25) is 0 Å². The summed E-state index contributed by atoms with van der Waals surface area (Å²) in [5.41, 5.74) is 0.847. The normalized spacial score (nSPS) is 10.7. The van der Waals surface area contributed by atoms with Gasteiger partial charge in [0.1, 0.15) is 5.75 Å². The number of halogens is 1. The molecule has 0 bridgehead atoms. The SMILES string of the molecule is CN(O)Cc1cccc(O)c1Br. The molecule has 12 heavy (non-hydrogen) atoms. The highest BCUT2D eigenvalue weighted by Crippen LogP contribution is 2.27. The third-order valence-corrected chi connectivity index (χ3v) is 2.37. The number of aromatic hydroxyl groups is 1. The summed E-state index contributed by atoms with van der Waals surface area (Å²) in [7, 11) is 1.55. The lowest BCUT2D eigenvalue weighted by Crippen LogP contribution is -2.11. The maximum atomic E-state index is 9.27. The Morgan fingerprint density at radius 2 is 2.17 bits per heavy atom. The monoisotopic (exact) mass is 231 g/mol. The molecule has 0 unspecified atom stereocenters. The van der Waals surface area contributed by atoms with Gasteiger partial charge in [0.15, 0.2) is 0 Å². The molecule has 66 valence electrons. The standard InChI is InChI=1S/C8H10BrNO2/c1-10(12)5-6-3-2-4-7(11)8(6)9/h2-4,11-12H,5H2,1H3. The summed E-state index contributed by atoms with van der Waals surface area (Å²) in [6.07, 6.45) is 0. The molecule has 0 aliphatic carbocycles. The third kappa shape index (κ3) is 2.20. The van der Waals surface area contributed by atoms with Crippen LogP contribution >= 0.6 is 15.9 Å². The second-order valence-electron chi connectivity index (χ2n) is 2.57. The molecule has 0 aromatic heterocycles. The number of phenolic OH excluding ortho intramolecular Hbond substituents is 1. The van der Waals surface area contributed by atoms with Crippen molar-refractivity contribution in [2.24, 2.45) is 0 Å². The molecule has 4 heteroatoms. The van der Waals surface area contributed by atoms with E-state index in [-0.39, 0.29) is 5.75 Å². The summed E-state index contributed by atoms with van der Waals surface area (Å²) in [6.45, 7) is 0.384. The Morgan fingerprint density at radius 1 is 1.50 bits per heavy atom. The van der Waals surface area contributed by atoms with Gasteiger partial charge < -0.3 is 10.3 Å². The molecule has 0 fully saturated rings. The van der Waals surface area contributed by atoms with Crippen LogP contribution < -0.4 is 0 Å². The molecular formula is C8H10BrNO2. The van der Waals surface area contributed by atoms with Crippen molar-refractivity contribution in [3.63, 3.8) is 0 Å². The zero-order chi connectivity index (χ0) is 9.14. The minimum atomic E-state index is 0.189. The van der Waals surface area contributed by atoms with Gasteiger partial charge in [-0.2, -0.15) is 5.06 Å². The molecule has 3 nitrogen and oxygen atoms in total. The predicted molar refractivity (Wildman–Crippen MR) is 49.1 cm³/mol. The van der Waals surface area contributed by atoms with Crippen molar-refractivity contribution in [3.8, 4) is 5.75 Å². The Kier molecular flexibility index (Phi) is 3.08. The summed E-state index contributed by atoms with van der Waals surface area (Å²) in [5.74, 6) is 0.189. The molecule has 0 saturated heterocycles. The number of benzene rings is 1. The molecule has 0 spiro atoms. The first-order valence-electron chi connectivity index (χ1n) is 3.47. The molecule has 0 aliphatic rings. The zero-order valence-electron chi connectivity index (χ0n) is 6.66. The van der Waals surface area contributed by atoms with Crippen LogP contribution in [0.25, 0.3) is 0 Å².